The number of benzene rings is 1. The van der Waals surface area contributed by atoms with E-state index in [9.17, 15) is 9.59 Å². The Morgan fingerprint density at radius 3 is 2.64 bits per heavy atom. The first-order valence-corrected chi connectivity index (χ1v) is 12.5. The van der Waals surface area contributed by atoms with Gasteiger partial charge in [0.25, 0.3) is 0 Å². The number of carboxylic acid groups (broad SMARTS) is 1. The standard InChI is InChI=1S/C26H40N2O5/c1-2-3-14-27-17-18-33-23-10-5-4-8-22(23)9-6-7-11-26(21-27)12-15-28(16-13-26)24(29)19-32-20-25(30)31/h4-5,8,10H,2-3,6-7,9,11-21H2,1H3,(H,30,31). The minimum Gasteiger partial charge on any atom is -0.492 e. The molecule has 1 N–H and O–H groups in total. The number of carbonyl (C=O) groups excluding carboxylic acids is 1. The molecule has 1 spiro atoms. The number of hydrogen-bond acceptors (Lipinski definition) is 5. The normalized spacial score (nSPS) is 19.7. The Hall–Kier alpha value is -2.12. The fourth-order valence-corrected chi connectivity index (χ4v) is 5.11. The van der Waals surface area contributed by atoms with E-state index in [1.54, 1.807) is 0 Å². The molecule has 33 heavy (non-hydrogen) atoms. The number of unbranched alkanes of at least 4 members (excludes halogenated alkanes) is 1. The van der Waals surface area contributed by atoms with Gasteiger partial charge in [-0.15, -0.1) is 0 Å². The molecule has 0 unspecified atom stereocenters. The number of piperidine rings is 1. The highest BCUT2D eigenvalue weighted by Crippen LogP contribution is 2.38. The molecule has 1 saturated heterocycles. The summed E-state index contributed by atoms with van der Waals surface area (Å²) in [7, 11) is 0. The SMILES string of the molecule is CCCCN1CCOc2ccccc2CCCCC2(CCN(C(=O)COCC(=O)O)CC2)C1. The zero-order valence-electron chi connectivity index (χ0n) is 20.1. The number of fused-ring (bicyclic) bond motifs is 1. The summed E-state index contributed by atoms with van der Waals surface area (Å²) >= 11 is 0. The molecule has 0 radical (unpaired) electrons. The Labute approximate surface area is 198 Å². The van der Waals surface area contributed by atoms with Gasteiger partial charge in [-0.25, -0.2) is 4.79 Å². The van der Waals surface area contributed by atoms with Crippen molar-refractivity contribution in [2.75, 3.05) is 52.5 Å². The molecular formula is C26H40N2O5. The van der Waals surface area contributed by atoms with Gasteiger partial charge in [-0.2, -0.15) is 0 Å². The average Bonchev–Trinajstić information content (AvgIpc) is 2.80. The Bertz CT molecular complexity index is 761. The van der Waals surface area contributed by atoms with Crippen LogP contribution in [0.25, 0.3) is 0 Å². The smallest absolute Gasteiger partial charge is 0.329 e. The van der Waals surface area contributed by atoms with Gasteiger partial charge in [0.15, 0.2) is 0 Å². The molecule has 1 aromatic rings. The molecule has 7 nitrogen and oxygen atoms in total. The van der Waals surface area contributed by atoms with Crippen LogP contribution >= 0.6 is 0 Å². The van der Waals surface area contributed by atoms with Crippen LogP contribution in [0.2, 0.25) is 0 Å². The third-order valence-corrected chi connectivity index (χ3v) is 7.06. The van der Waals surface area contributed by atoms with Crippen molar-refractivity contribution in [3.05, 3.63) is 29.8 Å². The summed E-state index contributed by atoms with van der Waals surface area (Å²) in [5, 5.41) is 8.71. The lowest BCUT2D eigenvalue weighted by atomic mass is 9.73. The van der Waals surface area contributed by atoms with Crippen molar-refractivity contribution in [3.8, 4) is 5.75 Å². The fourth-order valence-electron chi connectivity index (χ4n) is 5.11. The Balaban J connectivity index is 1.63. The highest BCUT2D eigenvalue weighted by molar-refractivity contribution is 5.78. The quantitative estimate of drug-likeness (QED) is 0.670. The molecule has 0 bridgehead atoms. The highest BCUT2D eigenvalue weighted by atomic mass is 16.5. The summed E-state index contributed by atoms with van der Waals surface area (Å²) in [6.07, 6.45) is 8.85. The van der Waals surface area contributed by atoms with Crippen LogP contribution < -0.4 is 4.74 Å². The van der Waals surface area contributed by atoms with Crippen LogP contribution in [0.3, 0.4) is 0 Å². The number of nitrogens with zero attached hydrogens (tertiary/aromatic N) is 2. The highest BCUT2D eigenvalue weighted by Gasteiger charge is 2.37. The molecule has 1 aromatic carbocycles. The lowest BCUT2D eigenvalue weighted by Crippen LogP contribution is -2.49. The van der Waals surface area contributed by atoms with Crippen molar-refractivity contribution in [2.45, 2.75) is 58.3 Å². The lowest BCUT2D eigenvalue weighted by molar-refractivity contribution is -0.146. The van der Waals surface area contributed by atoms with E-state index in [0.717, 1.165) is 64.2 Å². The van der Waals surface area contributed by atoms with Crippen LogP contribution in [-0.2, 0) is 20.7 Å². The third-order valence-electron chi connectivity index (χ3n) is 7.06. The minimum atomic E-state index is -1.05. The second-order valence-corrected chi connectivity index (χ2v) is 9.56. The summed E-state index contributed by atoms with van der Waals surface area (Å²) in [6, 6.07) is 8.42. The van der Waals surface area contributed by atoms with Crippen molar-refractivity contribution in [1.82, 2.24) is 9.80 Å². The van der Waals surface area contributed by atoms with Crippen molar-refractivity contribution in [3.63, 3.8) is 0 Å². The van der Waals surface area contributed by atoms with E-state index < -0.39 is 12.6 Å². The van der Waals surface area contributed by atoms with Crippen LogP contribution in [0, 0.1) is 5.41 Å². The average molecular weight is 461 g/mol. The second-order valence-electron chi connectivity index (χ2n) is 9.56. The van der Waals surface area contributed by atoms with Gasteiger partial charge in [0.1, 0.15) is 25.6 Å². The Kier molecular flexibility index (Phi) is 10.0. The number of aryl methyl sites for hydroxylation is 1. The van der Waals surface area contributed by atoms with Gasteiger partial charge in [0.05, 0.1) is 0 Å². The van der Waals surface area contributed by atoms with E-state index in [1.165, 1.54) is 31.2 Å². The molecule has 0 aromatic heterocycles. The number of likely N-dealkylation sites (tertiary alicyclic amines) is 1. The third kappa shape index (κ3) is 8.00. The summed E-state index contributed by atoms with van der Waals surface area (Å²) in [6.45, 7) is 6.83. The molecule has 0 atom stereocenters. The molecule has 184 valence electrons. The number of aliphatic carboxylic acids is 1. The summed E-state index contributed by atoms with van der Waals surface area (Å²) in [5.41, 5.74) is 1.51. The number of ether oxygens (including phenoxy) is 2. The number of hydrogen-bond donors (Lipinski definition) is 1. The van der Waals surface area contributed by atoms with Crippen LogP contribution in [0.15, 0.2) is 24.3 Å². The first kappa shape index (κ1) is 25.5. The molecule has 1 fully saturated rings. The van der Waals surface area contributed by atoms with Crippen molar-refractivity contribution in [2.24, 2.45) is 5.41 Å². The van der Waals surface area contributed by atoms with E-state index in [0.29, 0.717) is 6.61 Å². The maximum atomic E-state index is 12.5. The van der Waals surface area contributed by atoms with Crippen LogP contribution in [-0.4, -0.2) is 79.3 Å². The van der Waals surface area contributed by atoms with Gasteiger partial charge < -0.3 is 19.5 Å². The van der Waals surface area contributed by atoms with Gasteiger partial charge in [-0.1, -0.05) is 38.0 Å². The molecule has 0 saturated carbocycles. The van der Waals surface area contributed by atoms with E-state index in [-0.39, 0.29) is 17.9 Å². The first-order chi connectivity index (χ1) is 16.0. The van der Waals surface area contributed by atoms with E-state index in [1.807, 2.05) is 4.90 Å². The summed E-state index contributed by atoms with van der Waals surface area (Å²) in [5.74, 6) is -0.125. The summed E-state index contributed by atoms with van der Waals surface area (Å²) < 4.78 is 11.2. The zero-order valence-corrected chi connectivity index (χ0v) is 20.1. The largest absolute Gasteiger partial charge is 0.492 e. The molecule has 2 aliphatic rings. The number of rotatable bonds is 7. The number of para-hydroxylation sites is 1. The van der Waals surface area contributed by atoms with Gasteiger partial charge in [-0.3, -0.25) is 9.69 Å². The van der Waals surface area contributed by atoms with Crippen LogP contribution in [0.4, 0.5) is 0 Å². The van der Waals surface area contributed by atoms with Crippen LogP contribution in [0.1, 0.15) is 57.4 Å². The van der Waals surface area contributed by atoms with Gasteiger partial charge in [0.2, 0.25) is 5.91 Å². The number of carboxylic acids is 1. The van der Waals surface area contributed by atoms with E-state index in [4.69, 9.17) is 14.6 Å². The summed E-state index contributed by atoms with van der Waals surface area (Å²) in [4.78, 5) is 27.5. The number of carbonyl (C=O) groups is 2. The van der Waals surface area contributed by atoms with E-state index in [2.05, 4.69) is 36.1 Å². The molecule has 2 heterocycles. The Morgan fingerprint density at radius 1 is 1.09 bits per heavy atom. The topological polar surface area (TPSA) is 79.3 Å². The molecule has 0 aliphatic carbocycles. The van der Waals surface area contributed by atoms with E-state index >= 15 is 0 Å². The van der Waals surface area contributed by atoms with Crippen LogP contribution in [0.5, 0.6) is 5.75 Å². The fraction of sp³-hybridized carbons (Fsp3) is 0.692. The number of amides is 1. The van der Waals surface area contributed by atoms with Crippen molar-refractivity contribution < 1.29 is 24.2 Å². The van der Waals surface area contributed by atoms with Gasteiger partial charge in [-0.05, 0) is 62.1 Å². The van der Waals surface area contributed by atoms with Crippen molar-refractivity contribution >= 4 is 11.9 Å². The lowest BCUT2D eigenvalue weighted by Gasteiger charge is -2.45. The molecular weight excluding hydrogens is 420 g/mol. The maximum Gasteiger partial charge on any atom is 0.329 e. The monoisotopic (exact) mass is 460 g/mol. The molecule has 3 rings (SSSR count). The molecule has 1 amide bonds. The maximum absolute atomic E-state index is 12.5. The zero-order chi connectivity index (χ0) is 23.5. The second kappa shape index (κ2) is 12.9. The predicted molar refractivity (Wildman–Crippen MR) is 128 cm³/mol. The molecule has 7 heteroatoms. The Morgan fingerprint density at radius 2 is 1.88 bits per heavy atom. The minimum absolute atomic E-state index is 0.105. The van der Waals surface area contributed by atoms with Gasteiger partial charge >= 0.3 is 5.97 Å². The molecule has 2 aliphatic heterocycles. The first-order valence-electron chi connectivity index (χ1n) is 12.5. The predicted octanol–water partition coefficient (Wildman–Crippen LogP) is 3.60. The van der Waals surface area contributed by atoms with Gasteiger partial charge in [0, 0.05) is 26.2 Å². The van der Waals surface area contributed by atoms with Crippen molar-refractivity contribution in [1.29, 1.82) is 0 Å².